The van der Waals surface area contributed by atoms with E-state index in [2.05, 4.69) is 12.4 Å². The highest BCUT2D eigenvalue weighted by Crippen LogP contribution is 2.34. The maximum atomic E-state index is 14.1. The van der Waals surface area contributed by atoms with Crippen molar-refractivity contribution < 1.29 is 64.3 Å². The number of carbonyl (C=O) groups is 3. The Hall–Kier alpha value is -5.37. The molecule has 306 valence electrons. The van der Waals surface area contributed by atoms with Gasteiger partial charge in [-0.1, -0.05) is 12.1 Å². The quantitative estimate of drug-likeness (QED) is 0.149. The summed E-state index contributed by atoms with van der Waals surface area (Å²) in [4.78, 5) is 39.8. The number of urea groups is 1. The standard InChI is InChI=1S/C36H40N4O8S2.C2HF3O2/c1-23-17-34(24(2)49-23)50(44,45)48-30-13-9-27(10-14-30)38-36(43)39(35(42)31(37)18-25-6-11-29(41)12-7-25)28-5-4-16-40(3,21-28)20-26-8-15-32-33(19-26)47-22-46-32;3-2(4,5)1(6)7/h6-15,17,19,28,31H,4-5,16,18,20-22,37H2,1-3H3,(H-,38,41,43);(H,6,7)/t28-,31-,40?;/m0./s1. The van der Waals surface area contributed by atoms with Gasteiger partial charge in [-0.05, 0) is 99.3 Å². The van der Waals surface area contributed by atoms with Crippen LogP contribution >= 0.6 is 11.3 Å². The third-order valence-electron chi connectivity index (χ3n) is 9.23. The van der Waals surface area contributed by atoms with Crippen molar-refractivity contribution in [3.8, 4) is 23.0 Å². The number of ether oxygens (including phenoxy) is 2. The van der Waals surface area contributed by atoms with Crippen molar-refractivity contribution in [3.63, 3.8) is 0 Å². The number of imide groups is 1. The largest absolute Gasteiger partial charge is 0.542 e. The summed E-state index contributed by atoms with van der Waals surface area (Å²) in [5, 5.41) is 21.3. The number of rotatable bonds is 10. The van der Waals surface area contributed by atoms with Gasteiger partial charge in [0, 0.05) is 21.0 Å². The highest BCUT2D eigenvalue weighted by molar-refractivity contribution is 7.87. The van der Waals surface area contributed by atoms with Crippen LogP contribution in [0.25, 0.3) is 0 Å². The second-order valence-electron chi connectivity index (χ2n) is 13.9. The third-order valence-corrected chi connectivity index (χ3v) is 11.7. The van der Waals surface area contributed by atoms with Crippen LogP contribution in [0.5, 0.6) is 23.0 Å². The van der Waals surface area contributed by atoms with Gasteiger partial charge in [0.2, 0.25) is 12.7 Å². The lowest BCUT2D eigenvalue weighted by Crippen LogP contribution is -2.62. The van der Waals surface area contributed by atoms with Crippen LogP contribution < -0.4 is 29.8 Å². The van der Waals surface area contributed by atoms with E-state index in [-0.39, 0.29) is 29.6 Å². The van der Waals surface area contributed by atoms with Gasteiger partial charge in [-0.15, -0.1) is 11.3 Å². The second-order valence-corrected chi connectivity index (χ2v) is 16.9. The summed E-state index contributed by atoms with van der Waals surface area (Å²) in [5.41, 5.74) is 8.62. The molecule has 3 amide bonds. The molecule has 6 rings (SSSR count). The minimum atomic E-state index is -5.19. The smallest absolute Gasteiger partial charge is 0.430 e. The van der Waals surface area contributed by atoms with Crippen molar-refractivity contribution in [2.24, 2.45) is 5.73 Å². The summed E-state index contributed by atoms with van der Waals surface area (Å²) in [6, 6.07) is 17.7. The monoisotopic (exact) mass is 834 g/mol. The summed E-state index contributed by atoms with van der Waals surface area (Å²) in [5.74, 6) is -1.94. The number of carbonyl (C=O) groups excluding carboxylic acids is 3. The first kappa shape index (κ1) is 42.8. The molecule has 1 fully saturated rings. The van der Waals surface area contributed by atoms with Crippen molar-refractivity contribution in [2.75, 3.05) is 32.2 Å². The summed E-state index contributed by atoms with van der Waals surface area (Å²) in [7, 11) is -1.94. The fourth-order valence-electron chi connectivity index (χ4n) is 6.64. The Morgan fingerprint density at radius 1 is 1.04 bits per heavy atom. The number of likely N-dealkylation sites (N-methyl/N-ethyl adjacent to an activating group) is 1. The van der Waals surface area contributed by atoms with Crippen molar-refractivity contribution in [3.05, 3.63) is 93.7 Å². The average Bonchev–Trinajstić information content (AvgIpc) is 3.75. The number of carboxylic acids is 1. The molecule has 57 heavy (non-hydrogen) atoms. The van der Waals surface area contributed by atoms with Crippen LogP contribution in [0.3, 0.4) is 0 Å². The van der Waals surface area contributed by atoms with Crippen LogP contribution in [0.2, 0.25) is 0 Å². The van der Waals surface area contributed by atoms with Crippen molar-refractivity contribution >= 4 is 45.0 Å². The van der Waals surface area contributed by atoms with Crippen LogP contribution in [0, 0.1) is 13.8 Å². The van der Waals surface area contributed by atoms with Crippen molar-refractivity contribution in [1.29, 1.82) is 0 Å². The molecular formula is C38H41F3N4O10S2. The summed E-state index contributed by atoms with van der Waals surface area (Å²) < 4.78 is 74.3. The number of hydrogen-bond acceptors (Lipinski definition) is 12. The Morgan fingerprint density at radius 3 is 2.28 bits per heavy atom. The molecule has 2 aliphatic heterocycles. The Bertz CT molecular complexity index is 2200. The van der Waals surface area contributed by atoms with Gasteiger partial charge in [0.25, 0.3) is 0 Å². The molecule has 4 aromatic rings. The maximum absolute atomic E-state index is 14.1. The van der Waals surface area contributed by atoms with Crippen molar-refractivity contribution in [2.45, 2.75) is 62.8 Å². The third kappa shape index (κ3) is 11.1. The molecular weight excluding hydrogens is 794 g/mol. The number of benzene rings is 3. The number of nitrogens with zero attached hydrogens (tertiary/aromatic N) is 2. The molecule has 0 saturated carbocycles. The second kappa shape index (κ2) is 17.4. The van der Waals surface area contributed by atoms with E-state index in [0.717, 1.165) is 29.0 Å². The molecule has 1 saturated heterocycles. The molecule has 1 aromatic heterocycles. The normalized spacial score (nSPS) is 18.1. The van der Waals surface area contributed by atoms with E-state index in [1.807, 2.05) is 25.1 Å². The van der Waals surface area contributed by atoms with Crippen molar-refractivity contribution in [1.82, 2.24) is 4.90 Å². The molecule has 2 aliphatic rings. The number of nitrogens with one attached hydrogen (secondary N) is 1. The van der Waals surface area contributed by atoms with Gasteiger partial charge in [0.05, 0.1) is 25.7 Å². The number of amides is 3. The zero-order valence-electron chi connectivity index (χ0n) is 31.1. The lowest BCUT2D eigenvalue weighted by molar-refractivity contribution is -0.928. The summed E-state index contributed by atoms with van der Waals surface area (Å²) in [6.45, 7) is 5.75. The van der Waals surface area contributed by atoms with Gasteiger partial charge in [-0.2, -0.15) is 21.6 Å². The number of aromatic hydroxyl groups is 1. The van der Waals surface area contributed by atoms with Gasteiger partial charge in [-0.25, -0.2) is 4.79 Å². The Morgan fingerprint density at radius 2 is 1.67 bits per heavy atom. The summed E-state index contributed by atoms with van der Waals surface area (Å²) >= 11 is 1.37. The first-order valence-electron chi connectivity index (χ1n) is 17.5. The van der Waals surface area contributed by atoms with Gasteiger partial charge in [0.1, 0.15) is 35.5 Å². The highest BCUT2D eigenvalue weighted by Gasteiger charge is 2.41. The number of aliphatic carboxylic acids is 1. The molecule has 3 heterocycles. The number of quaternary nitrogens is 1. The molecule has 0 spiro atoms. The van der Waals surface area contributed by atoms with Crippen LogP contribution in [0.1, 0.15) is 33.7 Å². The number of hydrogen-bond donors (Lipinski definition) is 3. The number of phenolic OH excluding ortho intramolecular Hbond substituents is 1. The summed E-state index contributed by atoms with van der Waals surface area (Å²) in [6.07, 6.45) is -3.64. The van der Waals surface area contributed by atoms with Gasteiger partial charge < -0.3 is 44.2 Å². The number of nitrogens with two attached hydrogens (primary N) is 1. The molecule has 0 aliphatic carbocycles. The van der Waals surface area contributed by atoms with E-state index in [4.69, 9.17) is 29.3 Å². The number of halogens is 3. The molecule has 1 unspecified atom stereocenters. The van der Waals surface area contributed by atoms with Crippen LogP contribution in [0.15, 0.2) is 77.7 Å². The number of thiophene rings is 1. The lowest BCUT2D eigenvalue weighted by Gasteiger charge is -2.44. The number of phenols is 1. The maximum Gasteiger partial charge on any atom is 0.430 e. The Labute approximate surface area is 330 Å². The van der Waals surface area contributed by atoms with Crippen LogP contribution in [0.4, 0.5) is 23.7 Å². The highest BCUT2D eigenvalue weighted by atomic mass is 32.2. The van der Waals surface area contributed by atoms with E-state index in [9.17, 15) is 36.3 Å². The van der Waals surface area contributed by atoms with Gasteiger partial charge >= 0.3 is 22.3 Å². The molecule has 3 aromatic carbocycles. The van der Waals surface area contributed by atoms with Gasteiger partial charge in [-0.3, -0.25) is 9.69 Å². The lowest BCUT2D eigenvalue weighted by atomic mass is 9.98. The number of piperidine rings is 1. The predicted octanol–water partition coefficient (Wildman–Crippen LogP) is 4.61. The predicted molar refractivity (Wildman–Crippen MR) is 200 cm³/mol. The van der Waals surface area contributed by atoms with E-state index in [0.29, 0.717) is 46.1 Å². The first-order chi connectivity index (χ1) is 26.7. The molecule has 4 N–H and O–H groups in total. The first-order valence-corrected chi connectivity index (χ1v) is 19.7. The van der Waals surface area contributed by atoms with E-state index < -0.39 is 46.3 Å². The fourth-order valence-corrected chi connectivity index (χ4v) is 9.09. The number of anilines is 1. The van der Waals surface area contributed by atoms with Gasteiger partial charge in [0.15, 0.2) is 11.5 Å². The number of aryl methyl sites for hydroxylation is 2. The Kier molecular flexibility index (Phi) is 13.1. The minimum absolute atomic E-state index is 0.0824. The zero-order valence-corrected chi connectivity index (χ0v) is 32.7. The molecule has 0 radical (unpaired) electrons. The van der Waals surface area contributed by atoms with E-state index >= 15 is 0 Å². The number of carboxylic acid groups (broad SMARTS) is 1. The zero-order chi connectivity index (χ0) is 41.7. The Balaban J connectivity index is 0.000000811. The topological polar surface area (TPSA) is 198 Å². The minimum Gasteiger partial charge on any atom is -0.542 e. The fraction of sp³-hybridized carbons (Fsp3) is 0.342. The average molecular weight is 835 g/mol. The molecule has 14 nitrogen and oxygen atoms in total. The molecule has 3 atom stereocenters. The number of likely N-dealkylation sites (tertiary alicyclic amines) is 1. The SMILES string of the molecule is Cc1cc(S(=O)(=O)Oc2ccc(NC(=O)N(C(=O)[C@@H](N)Cc3ccc(O)cc3)[C@H]3CCC[N+](C)(Cc4ccc5c(c4)OCO5)C3)cc2)c(C)s1.O=C([O-])C(F)(F)F. The van der Waals surface area contributed by atoms with E-state index in [1.165, 1.54) is 52.6 Å². The number of fused-ring (bicyclic) bond motifs is 1. The van der Waals surface area contributed by atoms with Crippen LogP contribution in [-0.4, -0.2) is 86.0 Å². The number of alkyl halides is 3. The molecule has 19 heteroatoms. The van der Waals surface area contributed by atoms with Crippen LogP contribution in [-0.2, 0) is 32.7 Å². The molecule has 0 bridgehead atoms. The van der Waals surface area contributed by atoms with E-state index in [1.54, 1.807) is 25.1 Å².